The zero-order valence-electron chi connectivity index (χ0n) is 15.8. The van der Waals surface area contributed by atoms with Gasteiger partial charge in [-0.25, -0.2) is 0 Å². The molecular weight excluding hydrogens is 368 g/mol. The van der Waals surface area contributed by atoms with Crippen molar-refractivity contribution in [3.8, 4) is 0 Å². The Kier molecular flexibility index (Phi) is 8.50. The lowest BCUT2D eigenvalue weighted by Crippen LogP contribution is -2.52. The van der Waals surface area contributed by atoms with Crippen LogP contribution in [0.4, 0.5) is 0 Å². The number of piperazine rings is 1. The fourth-order valence-electron chi connectivity index (χ4n) is 3.27. The Morgan fingerprint density at radius 3 is 2.56 bits per heavy atom. The molecular formula is C19H29ClN4O3. The van der Waals surface area contributed by atoms with Crippen LogP contribution >= 0.6 is 12.4 Å². The largest absolute Gasteiger partial charge is 0.378 e. The van der Waals surface area contributed by atoms with Crippen LogP contribution in [0.3, 0.4) is 0 Å². The maximum Gasteiger partial charge on any atom is 0.254 e. The molecule has 2 aliphatic heterocycles. The Hall–Kier alpha value is -1.67. The Morgan fingerprint density at radius 1 is 1.19 bits per heavy atom. The summed E-state index contributed by atoms with van der Waals surface area (Å²) in [6, 6.07) is 7.85. The normalized spacial score (nSPS) is 20.6. The molecule has 27 heavy (non-hydrogen) atoms. The molecule has 0 radical (unpaired) electrons. The van der Waals surface area contributed by atoms with Crippen LogP contribution in [0, 0.1) is 0 Å². The van der Waals surface area contributed by atoms with Gasteiger partial charge in [0, 0.05) is 50.9 Å². The number of carbonyl (C=O) groups is 2. The molecule has 3 rings (SSSR count). The summed E-state index contributed by atoms with van der Waals surface area (Å²) in [5.74, 6) is 0.0730. The molecule has 150 valence electrons. The second kappa shape index (κ2) is 10.6. The zero-order chi connectivity index (χ0) is 18.4. The number of halogens is 1. The predicted molar refractivity (Wildman–Crippen MR) is 106 cm³/mol. The highest BCUT2D eigenvalue weighted by Gasteiger charge is 2.20. The molecule has 1 aromatic rings. The molecule has 1 aromatic carbocycles. The van der Waals surface area contributed by atoms with Gasteiger partial charge in [-0.3, -0.25) is 14.5 Å². The minimum Gasteiger partial charge on any atom is -0.378 e. The van der Waals surface area contributed by atoms with Gasteiger partial charge >= 0.3 is 0 Å². The smallest absolute Gasteiger partial charge is 0.254 e. The van der Waals surface area contributed by atoms with Gasteiger partial charge in [0.25, 0.3) is 5.91 Å². The first kappa shape index (κ1) is 21.6. The molecule has 2 amide bonds. The lowest BCUT2D eigenvalue weighted by molar-refractivity contribution is -0.123. The summed E-state index contributed by atoms with van der Waals surface area (Å²) in [5, 5.41) is 6.29. The zero-order valence-corrected chi connectivity index (χ0v) is 16.6. The molecule has 0 bridgehead atoms. The fourth-order valence-corrected chi connectivity index (χ4v) is 3.27. The number of carbonyl (C=O) groups excluding carboxylic acids is 2. The maximum absolute atomic E-state index is 12.4. The van der Waals surface area contributed by atoms with Crippen LogP contribution in [0.2, 0.25) is 0 Å². The van der Waals surface area contributed by atoms with Gasteiger partial charge in [-0.2, -0.15) is 0 Å². The van der Waals surface area contributed by atoms with Crippen molar-refractivity contribution in [3.05, 3.63) is 35.4 Å². The highest BCUT2D eigenvalue weighted by atomic mass is 35.5. The van der Waals surface area contributed by atoms with Crippen molar-refractivity contribution in [3.63, 3.8) is 0 Å². The second-order valence-electron chi connectivity index (χ2n) is 6.90. The van der Waals surface area contributed by atoms with Gasteiger partial charge in [0.2, 0.25) is 5.91 Å². The summed E-state index contributed by atoms with van der Waals surface area (Å²) < 4.78 is 5.28. The van der Waals surface area contributed by atoms with Crippen molar-refractivity contribution in [1.82, 2.24) is 20.4 Å². The van der Waals surface area contributed by atoms with E-state index in [2.05, 4.69) is 22.5 Å². The second-order valence-corrected chi connectivity index (χ2v) is 6.90. The van der Waals surface area contributed by atoms with Gasteiger partial charge < -0.3 is 20.3 Å². The molecule has 2 N–H and O–H groups in total. The first-order valence-electron chi connectivity index (χ1n) is 9.31. The number of hydrogen-bond acceptors (Lipinski definition) is 5. The lowest BCUT2D eigenvalue weighted by atomic mass is 10.1. The van der Waals surface area contributed by atoms with Crippen molar-refractivity contribution in [1.29, 1.82) is 0 Å². The van der Waals surface area contributed by atoms with Gasteiger partial charge in [-0.1, -0.05) is 12.1 Å². The van der Waals surface area contributed by atoms with E-state index in [0.29, 0.717) is 51.0 Å². The van der Waals surface area contributed by atoms with Crippen molar-refractivity contribution < 1.29 is 14.3 Å². The van der Waals surface area contributed by atoms with Crippen molar-refractivity contribution in [2.45, 2.75) is 19.5 Å². The molecule has 0 unspecified atom stereocenters. The third-order valence-electron chi connectivity index (χ3n) is 4.97. The van der Waals surface area contributed by atoms with E-state index in [4.69, 9.17) is 4.74 Å². The summed E-state index contributed by atoms with van der Waals surface area (Å²) in [7, 11) is 0. The van der Waals surface area contributed by atoms with E-state index in [1.807, 2.05) is 29.2 Å². The summed E-state index contributed by atoms with van der Waals surface area (Å²) in [4.78, 5) is 28.6. The predicted octanol–water partition coefficient (Wildman–Crippen LogP) is 0.491. The molecule has 8 heteroatoms. The molecule has 0 aromatic heterocycles. The maximum atomic E-state index is 12.4. The van der Waals surface area contributed by atoms with E-state index in [0.717, 1.165) is 25.2 Å². The van der Waals surface area contributed by atoms with Crippen molar-refractivity contribution in [2.24, 2.45) is 0 Å². The van der Waals surface area contributed by atoms with Crippen LogP contribution in [0.25, 0.3) is 0 Å². The summed E-state index contributed by atoms with van der Waals surface area (Å²) in [5.41, 5.74) is 1.67. The Balaban J connectivity index is 0.00000261. The highest BCUT2D eigenvalue weighted by Crippen LogP contribution is 2.10. The Labute approximate surface area is 166 Å². The van der Waals surface area contributed by atoms with Crippen molar-refractivity contribution in [2.75, 3.05) is 52.5 Å². The first-order valence-corrected chi connectivity index (χ1v) is 9.31. The van der Waals surface area contributed by atoms with Crippen molar-refractivity contribution >= 4 is 24.2 Å². The number of benzene rings is 1. The van der Waals surface area contributed by atoms with Gasteiger partial charge in [0.15, 0.2) is 0 Å². The Morgan fingerprint density at radius 2 is 1.89 bits per heavy atom. The topological polar surface area (TPSA) is 73.9 Å². The number of nitrogens with one attached hydrogen (secondary N) is 2. The Bertz CT molecular complexity index is 620. The number of morpholine rings is 1. The van der Waals surface area contributed by atoms with Gasteiger partial charge in [-0.15, -0.1) is 12.4 Å². The third kappa shape index (κ3) is 6.17. The minimum absolute atomic E-state index is 0. The first-order chi connectivity index (χ1) is 12.6. The van der Waals surface area contributed by atoms with E-state index >= 15 is 0 Å². The van der Waals surface area contributed by atoms with E-state index < -0.39 is 0 Å². The van der Waals surface area contributed by atoms with Crippen LogP contribution in [0.1, 0.15) is 22.8 Å². The summed E-state index contributed by atoms with van der Waals surface area (Å²) in [6.07, 6.45) is 0. The number of amides is 2. The molecule has 2 heterocycles. The standard InChI is InChI=1S/C19H28N4O3.ClH/c1-15-12-20-6-7-23(15)14-18(24)21-13-16-2-4-17(5-3-16)19(25)22-8-10-26-11-9-22;/h2-5,15,20H,6-14H2,1H3,(H,21,24);1H/t15-;/m0./s1. The molecule has 0 spiro atoms. The molecule has 2 saturated heterocycles. The lowest BCUT2D eigenvalue weighted by Gasteiger charge is -2.33. The number of rotatable bonds is 5. The molecule has 2 aliphatic rings. The average molecular weight is 397 g/mol. The molecule has 0 saturated carbocycles. The van der Waals surface area contributed by atoms with Gasteiger partial charge in [0.1, 0.15) is 0 Å². The van der Waals surface area contributed by atoms with Crippen LogP contribution in [-0.4, -0.2) is 80.1 Å². The summed E-state index contributed by atoms with van der Waals surface area (Å²) in [6.45, 7) is 8.26. The van der Waals surface area contributed by atoms with E-state index in [-0.39, 0.29) is 24.2 Å². The number of hydrogen-bond donors (Lipinski definition) is 2. The van der Waals surface area contributed by atoms with Crippen LogP contribution in [-0.2, 0) is 16.1 Å². The van der Waals surface area contributed by atoms with E-state index in [1.165, 1.54) is 0 Å². The number of nitrogens with zero attached hydrogens (tertiary/aromatic N) is 2. The van der Waals surface area contributed by atoms with Crippen LogP contribution in [0.5, 0.6) is 0 Å². The van der Waals surface area contributed by atoms with E-state index in [9.17, 15) is 9.59 Å². The highest BCUT2D eigenvalue weighted by molar-refractivity contribution is 5.94. The SMILES string of the molecule is C[C@H]1CNCCN1CC(=O)NCc1ccc(C(=O)N2CCOCC2)cc1.Cl. The quantitative estimate of drug-likeness (QED) is 0.757. The van der Waals surface area contributed by atoms with Crippen LogP contribution < -0.4 is 10.6 Å². The molecule has 1 atom stereocenters. The minimum atomic E-state index is 0. The van der Waals surface area contributed by atoms with Gasteiger partial charge in [-0.05, 0) is 24.6 Å². The van der Waals surface area contributed by atoms with Crippen LogP contribution in [0.15, 0.2) is 24.3 Å². The molecule has 2 fully saturated rings. The third-order valence-corrected chi connectivity index (χ3v) is 4.97. The fraction of sp³-hybridized carbons (Fsp3) is 0.579. The molecule has 0 aliphatic carbocycles. The molecule has 7 nitrogen and oxygen atoms in total. The summed E-state index contributed by atoms with van der Waals surface area (Å²) >= 11 is 0. The number of ether oxygens (including phenoxy) is 1. The van der Waals surface area contributed by atoms with E-state index in [1.54, 1.807) is 0 Å². The van der Waals surface area contributed by atoms with Gasteiger partial charge in [0.05, 0.1) is 19.8 Å². The monoisotopic (exact) mass is 396 g/mol. The average Bonchev–Trinajstić information content (AvgIpc) is 2.69.